The second kappa shape index (κ2) is 9.10. The fourth-order valence-corrected chi connectivity index (χ4v) is 2.29. The highest BCUT2D eigenvalue weighted by atomic mass is 16.5. The number of hydrogen-bond donors (Lipinski definition) is 0. The van der Waals surface area contributed by atoms with Crippen LogP contribution in [0.2, 0.25) is 0 Å². The van der Waals surface area contributed by atoms with Gasteiger partial charge in [-0.3, -0.25) is 9.59 Å². The van der Waals surface area contributed by atoms with Crippen LogP contribution in [0.25, 0.3) is 10.4 Å². The molecule has 1 unspecified atom stereocenters. The molecule has 0 spiro atoms. The predicted molar refractivity (Wildman–Crippen MR) is 93.6 cm³/mol. The van der Waals surface area contributed by atoms with Gasteiger partial charge in [0.1, 0.15) is 0 Å². The molecular weight excluding hydrogens is 320 g/mol. The van der Waals surface area contributed by atoms with Gasteiger partial charge in [-0.2, -0.15) is 0 Å². The lowest BCUT2D eigenvalue weighted by Gasteiger charge is -2.25. The summed E-state index contributed by atoms with van der Waals surface area (Å²) in [7, 11) is 0. The molecule has 0 bridgehead atoms. The zero-order valence-corrected chi connectivity index (χ0v) is 13.8. The molecule has 1 amide bonds. The van der Waals surface area contributed by atoms with Crippen LogP contribution in [-0.2, 0) is 20.9 Å². The van der Waals surface area contributed by atoms with Crippen molar-refractivity contribution >= 4 is 17.6 Å². The molecule has 0 radical (unpaired) electrons. The topological polar surface area (TPSA) is 95.4 Å². The molecule has 128 valence electrons. The Labute approximate surface area is 145 Å². The van der Waals surface area contributed by atoms with Gasteiger partial charge < -0.3 is 9.64 Å². The Kier molecular flexibility index (Phi) is 6.56. The molecule has 1 atom stereocenters. The van der Waals surface area contributed by atoms with Crippen molar-refractivity contribution in [3.63, 3.8) is 0 Å². The third-order valence-corrected chi connectivity index (χ3v) is 3.43. The van der Waals surface area contributed by atoms with E-state index in [2.05, 4.69) is 10.0 Å². The van der Waals surface area contributed by atoms with Crippen molar-refractivity contribution in [2.45, 2.75) is 19.5 Å². The van der Waals surface area contributed by atoms with Gasteiger partial charge in [-0.05, 0) is 30.2 Å². The Bertz CT molecular complexity index is 758. The number of anilines is 1. The van der Waals surface area contributed by atoms with E-state index in [4.69, 9.17) is 10.3 Å². The summed E-state index contributed by atoms with van der Waals surface area (Å²) in [6, 6.07) is 16.7. The average molecular weight is 338 g/mol. The van der Waals surface area contributed by atoms with Crippen molar-refractivity contribution < 1.29 is 14.3 Å². The van der Waals surface area contributed by atoms with Crippen LogP contribution in [0, 0.1) is 0 Å². The number of carbonyl (C=O) groups is 2. The molecule has 25 heavy (non-hydrogen) atoms. The van der Waals surface area contributed by atoms with Crippen molar-refractivity contribution in [3.8, 4) is 0 Å². The van der Waals surface area contributed by atoms with Crippen LogP contribution in [0.3, 0.4) is 0 Å². The standard InChI is InChI=1S/C18H18N4O3/c1-2-25-18(24)16(20-21-19)17(23)22(15-11-7-4-8-12-15)13-14-9-5-3-6-10-14/h3-12,16H,2,13H2,1H3. The molecule has 0 aromatic heterocycles. The first-order valence-corrected chi connectivity index (χ1v) is 7.78. The van der Waals surface area contributed by atoms with Gasteiger partial charge in [0.25, 0.3) is 0 Å². The molecule has 2 aromatic rings. The minimum absolute atomic E-state index is 0.0909. The SMILES string of the molecule is CCOC(=O)C(N=[N+]=[N-])C(=O)N(Cc1ccccc1)c1ccccc1. The van der Waals surface area contributed by atoms with Crippen LogP contribution in [0.5, 0.6) is 0 Å². The summed E-state index contributed by atoms with van der Waals surface area (Å²) in [6.45, 7) is 1.95. The first-order chi connectivity index (χ1) is 12.2. The van der Waals surface area contributed by atoms with E-state index in [9.17, 15) is 9.59 Å². The van der Waals surface area contributed by atoms with Crippen LogP contribution in [0.15, 0.2) is 65.8 Å². The lowest BCUT2D eigenvalue weighted by Crippen LogP contribution is -2.42. The number of benzene rings is 2. The first kappa shape index (κ1) is 18.0. The normalized spacial score (nSPS) is 11.1. The van der Waals surface area contributed by atoms with Crippen molar-refractivity contribution in [2.75, 3.05) is 11.5 Å². The Morgan fingerprint density at radius 3 is 2.28 bits per heavy atom. The monoisotopic (exact) mass is 338 g/mol. The fourth-order valence-electron chi connectivity index (χ4n) is 2.29. The van der Waals surface area contributed by atoms with Gasteiger partial charge in [0, 0.05) is 10.6 Å². The summed E-state index contributed by atoms with van der Waals surface area (Å²) in [4.78, 5) is 29.0. The number of carbonyl (C=O) groups excluding carboxylic acids is 2. The highest BCUT2D eigenvalue weighted by Crippen LogP contribution is 2.19. The van der Waals surface area contributed by atoms with Crippen LogP contribution < -0.4 is 4.90 Å². The third kappa shape index (κ3) is 4.83. The highest BCUT2D eigenvalue weighted by Gasteiger charge is 2.32. The summed E-state index contributed by atoms with van der Waals surface area (Å²) in [6.07, 6.45) is 0. The summed E-state index contributed by atoms with van der Waals surface area (Å²) >= 11 is 0. The van der Waals surface area contributed by atoms with Gasteiger partial charge in [-0.15, -0.1) is 0 Å². The van der Waals surface area contributed by atoms with Gasteiger partial charge in [-0.25, -0.2) is 0 Å². The maximum Gasteiger partial charge on any atom is 0.324 e. The largest absolute Gasteiger partial charge is 0.465 e. The van der Waals surface area contributed by atoms with E-state index in [0.717, 1.165) is 5.56 Å². The van der Waals surface area contributed by atoms with Crippen LogP contribution in [-0.4, -0.2) is 24.5 Å². The van der Waals surface area contributed by atoms with Crippen molar-refractivity contribution in [2.24, 2.45) is 5.11 Å². The lowest BCUT2D eigenvalue weighted by molar-refractivity contribution is -0.147. The summed E-state index contributed by atoms with van der Waals surface area (Å²) in [5.41, 5.74) is 10.2. The first-order valence-electron chi connectivity index (χ1n) is 7.78. The van der Waals surface area contributed by atoms with Gasteiger partial charge in [0.2, 0.25) is 11.9 Å². The maximum absolute atomic E-state index is 12.9. The molecule has 0 aliphatic carbocycles. The van der Waals surface area contributed by atoms with Gasteiger partial charge in [0.15, 0.2) is 0 Å². The fraction of sp³-hybridized carbons (Fsp3) is 0.222. The number of esters is 1. The maximum atomic E-state index is 12.9. The van der Waals surface area contributed by atoms with Crippen molar-refractivity contribution in [1.29, 1.82) is 0 Å². The minimum Gasteiger partial charge on any atom is -0.465 e. The van der Waals surface area contributed by atoms with E-state index < -0.39 is 17.9 Å². The van der Waals surface area contributed by atoms with E-state index in [-0.39, 0.29) is 13.2 Å². The molecule has 7 heteroatoms. The Morgan fingerprint density at radius 1 is 1.12 bits per heavy atom. The van der Waals surface area contributed by atoms with E-state index in [1.165, 1.54) is 4.90 Å². The lowest BCUT2D eigenvalue weighted by atomic mass is 10.1. The van der Waals surface area contributed by atoms with E-state index in [0.29, 0.717) is 5.69 Å². The third-order valence-electron chi connectivity index (χ3n) is 3.43. The Hall–Kier alpha value is -3.31. The summed E-state index contributed by atoms with van der Waals surface area (Å²) < 4.78 is 4.86. The molecule has 0 fully saturated rings. The minimum atomic E-state index is -1.56. The van der Waals surface area contributed by atoms with Crippen LogP contribution >= 0.6 is 0 Å². The quantitative estimate of drug-likeness (QED) is 0.254. The molecule has 0 saturated heterocycles. The number of hydrogen-bond acceptors (Lipinski definition) is 4. The van der Waals surface area contributed by atoms with E-state index in [1.807, 2.05) is 36.4 Å². The van der Waals surface area contributed by atoms with Gasteiger partial charge in [0.05, 0.1) is 13.2 Å². The van der Waals surface area contributed by atoms with Crippen molar-refractivity contribution in [3.05, 3.63) is 76.7 Å². The zero-order chi connectivity index (χ0) is 18.1. The van der Waals surface area contributed by atoms with Crippen LogP contribution in [0.4, 0.5) is 5.69 Å². The van der Waals surface area contributed by atoms with E-state index in [1.54, 1.807) is 31.2 Å². The molecule has 2 aromatic carbocycles. The van der Waals surface area contributed by atoms with E-state index >= 15 is 0 Å². The summed E-state index contributed by atoms with van der Waals surface area (Å²) in [5.74, 6) is -1.49. The zero-order valence-electron chi connectivity index (χ0n) is 13.8. The number of rotatable bonds is 7. The smallest absolute Gasteiger partial charge is 0.324 e. The molecule has 2 rings (SSSR count). The number of para-hydroxylation sites is 1. The summed E-state index contributed by atoms with van der Waals surface area (Å²) in [5, 5.41) is 3.35. The Morgan fingerprint density at radius 2 is 1.72 bits per heavy atom. The number of ether oxygens (including phenoxy) is 1. The molecule has 0 N–H and O–H groups in total. The highest BCUT2D eigenvalue weighted by molar-refractivity contribution is 6.09. The number of azide groups is 1. The number of amides is 1. The number of nitrogens with zero attached hydrogens (tertiary/aromatic N) is 4. The van der Waals surface area contributed by atoms with Gasteiger partial charge in [-0.1, -0.05) is 53.6 Å². The predicted octanol–water partition coefficient (Wildman–Crippen LogP) is 3.46. The molecule has 0 aliphatic heterocycles. The molecule has 0 heterocycles. The molecule has 0 saturated carbocycles. The molecular formula is C18H18N4O3. The van der Waals surface area contributed by atoms with Crippen LogP contribution in [0.1, 0.15) is 12.5 Å². The molecule has 0 aliphatic rings. The average Bonchev–Trinajstić information content (AvgIpc) is 2.65. The molecule has 7 nitrogen and oxygen atoms in total. The van der Waals surface area contributed by atoms with Gasteiger partial charge >= 0.3 is 5.97 Å². The second-order valence-corrected chi connectivity index (χ2v) is 5.11. The second-order valence-electron chi connectivity index (χ2n) is 5.11. The Balaban J connectivity index is 2.37. The van der Waals surface area contributed by atoms with Crippen molar-refractivity contribution in [1.82, 2.24) is 0 Å².